The summed E-state index contributed by atoms with van der Waals surface area (Å²) in [6, 6.07) is 3.66. The minimum atomic E-state index is -1.18. The number of anilines is 1. The highest BCUT2D eigenvalue weighted by Gasteiger charge is 2.55. The molecule has 10 nitrogen and oxygen atoms in total. The molecule has 0 aromatic carbocycles. The second-order valence-corrected chi connectivity index (χ2v) is 11.4. The maximum absolute atomic E-state index is 13.0. The van der Waals surface area contributed by atoms with Gasteiger partial charge in [-0.15, -0.1) is 0 Å². The fourth-order valence-electron chi connectivity index (χ4n) is 6.11. The zero-order valence-corrected chi connectivity index (χ0v) is 21.3. The highest BCUT2D eigenvalue weighted by molar-refractivity contribution is 6.00. The van der Waals surface area contributed by atoms with Gasteiger partial charge in [-0.2, -0.15) is 9.61 Å². The maximum atomic E-state index is 13.0. The van der Waals surface area contributed by atoms with E-state index in [1.807, 2.05) is 11.0 Å². The van der Waals surface area contributed by atoms with Gasteiger partial charge in [0, 0.05) is 35.3 Å². The Balaban J connectivity index is 1.40. The van der Waals surface area contributed by atoms with Gasteiger partial charge in [-0.1, -0.05) is 6.07 Å². The van der Waals surface area contributed by atoms with Crippen molar-refractivity contribution in [1.29, 1.82) is 0 Å². The van der Waals surface area contributed by atoms with Crippen LogP contribution in [0, 0.1) is 0 Å². The van der Waals surface area contributed by atoms with Crippen molar-refractivity contribution >= 4 is 23.2 Å². The van der Waals surface area contributed by atoms with Gasteiger partial charge in [0.05, 0.1) is 23.1 Å². The number of nitrogens with zero attached hydrogens (tertiary/aromatic N) is 5. The van der Waals surface area contributed by atoms with Gasteiger partial charge < -0.3 is 20.8 Å². The average Bonchev–Trinajstić information content (AvgIpc) is 3.36. The van der Waals surface area contributed by atoms with Crippen LogP contribution in [0.25, 0.3) is 16.8 Å². The maximum Gasteiger partial charge on any atom is 0.255 e. The third kappa shape index (κ3) is 3.81. The summed E-state index contributed by atoms with van der Waals surface area (Å²) in [5.74, 6) is -0.112. The van der Waals surface area contributed by atoms with Gasteiger partial charge in [0.25, 0.3) is 5.91 Å². The number of aliphatic hydroxyl groups is 2. The Hall–Kier alpha value is -3.37. The molecule has 0 radical (unpaired) electrons. The third-order valence-electron chi connectivity index (χ3n) is 8.24. The number of nitrogens with two attached hydrogens (primary N) is 1. The van der Waals surface area contributed by atoms with Crippen LogP contribution in [0.2, 0.25) is 0 Å². The fraction of sp³-hybridized carbons (Fsp3) is 0.519. The Morgan fingerprint density at radius 1 is 1.14 bits per heavy atom. The lowest BCUT2D eigenvalue weighted by Crippen LogP contribution is -2.51. The number of aromatic nitrogens is 4. The summed E-state index contributed by atoms with van der Waals surface area (Å²) in [6.45, 7) is 4.85. The van der Waals surface area contributed by atoms with E-state index in [4.69, 9.17) is 10.7 Å². The molecule has 3 atom stereocenters. The van der Waals surface area contributed by atoms with E-state index < -0.39 is 11.2 Å². The summed E-state index contributed by atoms with van der Waals surface area (Å²) in [5.41, 5.74) is 7.89. The predicted octanol–water partition coefficient (Wildman–Crippen LogP) is 2.57. The average molecular weight is 505 g/mol. The molecule has 4 N–H and O–H groups in total. The van der Waals surface area contributed by atoms with Crippen molar-refractivity contribution in [1.82, 2.24) is 24.5 Å². The third-order valence-corrected chi connectivity index (χ3v) is 8.24. The Kier molecular flexibility index (Phi) is 5.23. The van der Waals surface area contributed by atoms with E-state index in [9.17, 15) is 19.8 Å². The van der Waals surface area contributed by atoms with Crippen molar-refractivity contribution in [3.05, 3.63) is 41.5 Å². The Morgan fingerprint density at radius 3 is 2.35 bits per heavy atom. The van der Waals surface area contributed by atoms with Crippen LogP contribution >= 0.6 is 0 Å². The van der Waals surface area contributed by atoms with E-state index in [1.54, 1.807) is 32.3 Å². The highest BCUT2D eigenvalue weighted by atomic mass is 16.3. The summed E-state index contributed by atoms with van der Waals surface area (Å²) in [7, 11) is 0. The van der Waals surface area contributed by atoms with Crippen LogP contribution in [0.1, 0.15) is 87.0 Å². The molecule has 1 amide bonds. The molecule has 37 heavy (non-hydrogen) atoms. The molecule has 0 unspecified atom stereocenters. The molecule has 3 aliphatic rings. The van der Waals surface area contributed by atoms with Gasteiger partial charge in [0.2, 0.25) is 0 Å². The summed E-state index contributed by atoms with van der Waals surface area (Å²) in [4.78, 5) is 37.1. The molecule has 6 rings (SSSR count). The van der Waals surface area contributed by atoms with Gasteiger partial charge in [0.1, 0.15) is 17.0 Å². The van der Waals surface area contributed by atoms with Gasteiger partial charge in [-0.05, 0) is 65.4 Å². The van der Waals surface area contributed by atoms with Crippen molar-refractivity contribution in [2.24, 2.45) is 0 Å². The van der Waals surface area contributed by atoms with Crippen LogP contribution in [-0.2, 0) is 10.4 Å². The minimum absolute atomic E-state index is 0.0166. The lowest BCUT2D eigenvalue weighted by molar-refractivity contribution is -0.147. The van der Waals surface area contributed by atoms with Gasteiger partial charge >= 0.3 is 0 Å². The normalized spacial score (nSPS) is 24.5. The first-order chi connectivity index (χ1) is 17.5. The zero-order chi connectivity index (χ0) is 26.3. The number of amides is 1. The Morgan fingerprint density at radius 2 is 1.81 bits per heavy atom. The molecule has 1 saturated carbocycles. The monoisotopic (exact) mass is 504 g/mol. The van der Waals surface area contributed by atoms with E-state index in [0.717, 1.165) is 24.0 Å². The number of pyridine rings is 1. The topological polar surface area (TPSA) is 147 Å². The summed E-state index contributed by atoms with van der Waals surface area (Å²) >= 11 is 0. The molecule has 3 aromatic heterocycles. The number of hydrogen-bond donors (Lipinski definition) is 3. The number of fused-ring (bicyclic) bond motifs is 3. The second kappa shape index (κ2) is 8.06. The zero-order valence-electron chi connectivity index (χ0n) is 21.3. The molecular weight excluding hydrogens is 472 g/mol. The summed E-state index contributed by atoms with van der Waals surface area (Å²) in [5, 5.41) is 25.1. The van der Waals surface area contributed by atoms with Crippen LogP contribution in [0.15, 0.2) is 24.5 Å². The summed E-state index contributed by atoms with van der Waals surface area (Å²) in [6.07, 6.45) is 7.51. The van der Waals surface area contributed by atoms with Crippen LogP contribution in [0.4, 0.5) is 5.82 Å². The largest absolute Gasteiger partial charge is 0.384 e. The number of ketones is 1. The summed E-state index contributed by atoms with van der Waals surface area (Å²) < 4.78 is 1.50. The number of hydrogen-bond acceptors (Lipinski definition) is 8. The number of carbonyl (C=O) groups is 2. The van der Waals surface area contributed by atoms with E-state index in [0.29, 0.717) is 48.3 Å². The van der Waals surface area contributed by atoms with E-state index in [1.165, 1.54) is 11.4 Å². The lowest BCUT2D eigenvalue weighted by Gasteiger charge is -2.40. The molecule has 0 spiro atoms. The Labute approximate surface area is 214 Å². The number of nitrogen functional groups attached to an aromatic ring is 1. The van der Waals surface area contributed by atoms with Crippen molar-refractivity contribution in [2.45, 2.75) is 88.5 Å². The first-order valence-electron chi connectivity index (χ1n) is 12.9. The molecule has 3 aromatic rings. The number of piperidine rings is 1. The molecule has 10 heteroatoms. The SMILES string of the molecule is CC(=O)c1c([C@H]2C[C@H]3CC[C@@H](C2)N3C(=O)C2(O)CC2)nc2c(-c3ccc(C(C)(C)O)nc3)cnn2c1N. The molecule has 194 valence electrons. The van der Waals surface area contributed by atoms with Crippen LogP contribution in [-0.4, -0.2) is 64.1 Å². The molecule has 2 aliphatic heterocycles. The van der Waals surface area contributed by atoms with Crippen molar-refractivity contribution in [3.63, 3.8) is 0 Å². The number of rotatable bonds is 5. The minimum Gasteiger partial charge on any atom is -0.384 e. The quantitative estimate of drug-likeness (QED) is 0.449. The van der Waals surface area contributed by atoms with Crippen molar-refractivity contribution in [2.75, 3.05) is 5.73 Å². The van der Waals surface area contributed by atoms with Gasteiger partial charge in [-0.25, -0.2) is 4.98 Å². The second-order valence-electron chi connectivity index (χ2n) is 11.4. The predicted molar refractivity (Wildman–Crippen MR) is 136 cm³/mol. The standard InChI is InChI=1S/C27H32N6O4/c1-14(34)21-22(16-10-17-5-6-18(11-16)32(17)25(35)27(37)8-9-27)31-24-19(13-30-33(24)23(21)28)15-4-7-20(29-12-15)26(2,3)36/h4,7,12-13,16-18,36-37H,5-6,8-11,28H2,1-3H3/t16-,17+,18-. The Bertz CT molecular complexity index is 1410. The van der Waals surface area contributed by atoms with E-state index >= 15 is 0 Å². The molecule has 1 aliphatic carbocycles. The smallest absolute Gasteiger partial charge is 0.255 e. The first-order valence-corrected chi connectivity index (χ1v) is 12.9. The molecular formula is C27H32N6O4. The van der Waals surface area contributed by atoms with Crippen molar-refractivity contribution in [3.8, 4) is 11.1 Å². The highest BCUT2D eigenvalue weighted by Crippen LogP contribution is 2.48. The number of Topliss-reactive ketones (excluding diaryl/α,β-unsaturated/α-hetero) is 1. The van der Waals surface area contributed by atoms with Gasteiger partial charge in [0.15, 0.2) is 11.4 Å². The van der Waals surface area contributed by atoms with Crippen LogP contribution < -0.4 is 5.73 Å². The van der Waals surface area contributed by atoms with Gasteiger partial charge in [-0.3, -0.25) is 14.6 Å². The first kappa shape index (κ1) is 24.0. The molecule has 3 fully saturated rings. The molecule has 2 bridgehead atoms. The van der Waals surface area contributed by atoms with E-state index in [2.05, 4.69) is 10.1 Å². The fourth-order valence-corrected chi connectivity index (χ4v) is 6.11. The molecule has 2 saturated heterocycles. The number of carbonyl (C=O) groups excluding carboxylic acids is 2. The molecule has 5 heterocycles. The lowest BCUT2D eigenvalue weighted by atomic mass is 9.85. The van der Waals surface area contributed by atoms with Crippen LogP contribution in [0.3, 0.4) is 0 Å². The van der Waals surface area contributed by atoms with Crippen LogP contribution in [0.5, 0.6) is 0 Å². The van der Waals surface area contributed by atoms with Crippen molar-refractivity contribution < 1.29 is 19.8 Å². The van der Waals surface area contributed by atoms with E-state index in [-0.39, 0.29) is 35.5 Å².